The molecule has 0 aliphatic carbocycles. The second kappa shape index (κ2) is 18.2. The summed E-state index contributed by atoms with van der Waals surface area (Å²) >= 11 is 1.54. The minimum Gasteiger partial charge on any atom is -0.457 e. The second-order valence-electron chi connectivity index (χ2n) is 10.5. The molecule has 1 saturated heterocycles. The van der Waals surface area contributed by atoms with E-state index in [2.05, 4.69) is 16.0 Å². The Bertz CT molecular complexity index is 1140. The third-order valence-corrected chi connectivity index (χ3v) is 10.3. The van der Waals surface area contributed by atoms with E-state index in [1.807, 2.05) is 26.2 Å². The van der Waals surface area contributed by atoms with Crippen molar-refractivity contribution in [2.75, 3.05) is 23.5 Å². The van der Waals surface area contributed by atoms with E-state index in [4.69, 9.17) is 9.47 Å². The Morgan fingerprint density at radius 1 is 1.07 bits per heavy atom. The monoisotopic (exact) mass is 651 g/mol. The van der Waals surface area contributed by atoms with Crippen LogP contribution in [-0.2, 0) is 28.7 Å². The highest BCUT2D eigenvalue weighted by Gasteiger charge is 2.37. The van der Waals surface area contributed by atoms with Gasteiger partial charge in [0.1, 0.15) is 24.3 Å². The molecule has 10 nitrogen and oxygen atoms in total. The van der Waals surface area contributed by atoms with Crippen LogP contribution in [0, 0.1) is 5.92 Å². The van der Waals surface area contributed by atoms with Gasteiger partial charge in [-0.25, -0.2) is 4.79 Å². The Balaban J connectivity index is 2.05. The van der Waals surface area contributed by atoms with E-state index in [9.17, 15) is 24.0 Å². The smallest absolute Gasteiger partial charge is 0.338 e. The average Bonchev–Trinajstić information content (AvgIpc) is 2.99. The first-order chi connectivity index (χ1) is 20.7. The molecule has 2 aliphatic rings. The van der Waals surface area contributed by atoms with Crippen molar-refractivity contribution in [2.24, 2.45) is 5.92 Å². The Morgan fingerprint density at radius 3 is 2.56 bits per heavy atom. The minimum atomic E-state index is -1.07. The maximum absolute atomic E-state index is 13.8. The third-order valence-electron chi connectivity index (χ3n) is 7.20. The maximum atomic E-state index is 13.8. The summed E-state index contributed by atoms with van der Waals surface area (Å²) in [5, 5.41) is 8.63. The van der Waals surface area contributed by atoms with Crippen LogP contribution >= 0.6 is 33.3 Å². The van der Waals surface area contributed by atoms with E-state index in [0.29, 0.717) is 30.6 Å². The zero-order valence-corrected chi connectivity index (χ0v) is 27.2. The molecular formula is C30H41N3O7S3. The largest absolute Gasteiger partial charge is 0.457 e. The topological polar surface area (TPSA) is 140 Å². The zero-order valence-electron chi connectivity index (χ0n) is 24.7. The van der Waals surface area contributed by atoms with Crippen LogP contribution in [0.25, 0.3) is 0 Å². The summed E-state index contributed by atoms with van der Waals surface area (Å²) in [5.41, 5.74) is 0.301. The highest BCUT2D eigenvalue weighted by molar-refractivity contribution is 8.76. The first-order valence-corrected chi connectivity index (χ1v) is 18.4. The predicted octanol–water partition coefficient (Wildman–Crippen LogP) is 3.51. The standard InChI is InChI=1S/C30H41N3O7S3/c1-4-19(2)27-24(40-30(38)20-10-6-5-7-11-20)17-26(35)39-21-12-8-9-14-42-43-18-23(29(37)33-27)32-28(36)22(13-15-41-3)31-25(34)16-21/h5-8,10-12,19,21-24,27H,4,9,13-18H2,1-3H3,(H,31,34)(H,32,36)(H,33,37)/b12-8+/t19-,21-,22-,23-,24?,27?/m1/s1. The van der Waals surface area contributed by atoms with Gasteiger partial charge in [-0.05, 0) is 49.0 Å². The fourth-order valence-corrected chi connectivity index (χ4v) is 7.24. The molecule has 6 atom stereocenters. The highest BCUT2D eigenvalue weighted by atomic mass is 33.1. The molecule has 0 aromatic heterocycles. The molecule has 13 heteroatoms. The van der Waals surface area contributed by atoms with Gasteiger partial charge in [-0.1, -0.05) is 66.1 Å². The van der Waals surface area contributed by atoms with Crippen molar-refractivity contribution in [3.8, 4) is 0 Å². The normalized spacial score (nSPS) is 27.6. The van der Waals surface area contributed by atoms with E-state index >= 15 is 0 Å². The molecule has 3 rings (SSSR count). The number of esters is 2. The highest BCUT2D eigenvalue weighted by Crippen LogP contribution is 2.25. The van der Waals surface area contributed by atoms with Crippen LogP contribution in [0.15, 0.2) is 42.5 Å². The van der Waals surface area contributed by atoms with Gasteiger partial charge in [0, 0.05) is 11.5 Å². The van der Waals surface area contributed by atoms with Crippen molar-refractivity contribution in [3.63, 3.8) is 0 Å². The summed E-state index contributed by atoms with van der Waals surface area (Å²) < 4.78 is 11.6. The van der Waals surface area contributed by atoms with E-state index in [0.717, 1.165) is 5.75 Å². The van der Waals surface area contributed by atoms with Gasteiger partial charge < -0.3 is 25.4 Å². The molecule has 2 bridgehead atoms. The Labute approximate surface area is 265 Å². The summed E-state index contributed by atoms with van der Waals surface area (Å²) in [6.07, 6.45) is 4.61. The van der Waals surface area contributed by atoms with Gasteiger partial charge in [0.2, 0.25) is 17.7 Å². The number of carbonyl (C=O) groups is 5. The number of hydrogen-bond acceptors (Lipinski definition) is 10. The Hall–Kier alpha value is -2.64. The molecule has 236 valence electrons. The van der Waals surface area contributed by atoms with Gasteiger partial charge in [-0.2, -0.15) is 11.8 Å². The number of rotatable bonds is 7. The van der Waals surface area contributed by atoms with Crippen molar-refractivity contribution in [3.05, 3.63) is 48.0 Å². The van der Waals surface area contributed by atoms with Crippen molar-refractivity contribution in [2.45, 2.75) is 76.3 Å². The lowest BCUT2D eigenvalue weighted by molar-refractivity contribution is -0.151. The van der Waals surface area contributed by atoms with Crippen molar-refractivity contribution >= 4 is 63.0 Å². The van der Waals surface area contributed by atoms with Crippen LogP contribution in [-0.4, -0.2) is 83.5 Å². The molecule has 2 unspecified atom stereocenters. The fourth-order valence-electron chi connectivity index (χ4n) is 4.61. The van der Waals surface area contributed by atoms with Crippen LogP contribution < -0.4 is 16.0 Å². The molecule has 0 spiro atoms. The van der Waals surface area contributed by atoms with Crippen molar-refractivity contribution in [1.82, 2.24) is 16.0 Å². The predicted molar refractivity (Wildman–Crippen MR) is 172 cm³/mol. The van der Waals surface area contributed by atoms with Gasteiger partial charge in [0.05, 0.1) is 24.4 Å². The van der Waals surface area contributed by atoms with E-state index in [-0.39, 0.29) is 24.5 Å². The third kappa shape index (κ3) is 11.4. The number of thioether (sulfide) groups is 1. The number of nitrogens with one attached hydrogen (secondary N) is 3. The lowest BCUT2D eigenvalue weighted by Crippen LogP contribution is -2.58. The molecule has 1 fully saturated rings. The number of carbonyl (C=O) groups excluding carboxylic acids is 5. The first kappa shape index (κ1) is 34.8. The second-order valence-corrected chi connectivity index (χ2v) is 14.1. The molecule has 2 heterocycles. The number of benzene rings is 1. The average molecular weight is 652 g/mol. The lowest BCUT2D eigenvalue weighted by Gasteiger charge is -2.33. The SMILES string of the molecule is CC[C@@H](C)C1NC(=O)[C@H]2CSSCC/C=C/[C@H](CC(=O)N[C@H](CCSC)C(=O)N2)OC(=O)CC1OC(=O)c1ccccc1. The fraction of sp³-hybridized carbons (Fsp3) is 0.567. The summed E-state index contributed by atoms with van der Waals surface area (Å²) in [4.78, 5) is 66.9. The number of allylic oxidation sites excluding steroid dienone is 1. The van der Waals surface area contributed by atoms with Crippen LogP contribution in [0.5, 0.6) is 0 Å². The van der Waals surface area contributed by atoms with Gasteiger partial charge >= 0.3 is 11.9 Å². The van der Waals surface area contributed by atoms with Gasteiger partial charge in [0.15, 0.2) is 0 Å². The van der Waals surface area contributed by atoms with Crippen molar-refractivity contribution in [1.29, 1.82) is 0 Å². The molecule has 0 saturated carbocycles. The van der Waals surface area contributed by atoms with Crippen LogP contribution in [0.4, 0.5) is 0 Å². The summed E-state index contributed by atoms with van der Waals surface area (Å²) in [6.45, 7) is 3.84. The van der Waals surface area contributed by atoms with Gasteiger partial charge in [0.25, 0.3) is 0 Å². The molecular weight excluding hydrogens is 611 g/mol. The summed E-state index contributed by atoms with van der Waals surface area (Å²) in [6, 6.07) is 5.85. The molecule has 1 aromatic rings. The number of fused-ring (bicyclic) bond motifs is 7. The van der Waals surface area contributed by atoms with Crippen molar-refractivity contribution < 1.29 is 33.4 Å². The van der Waals surface area contributed by atoms with E-state index in [1.54, 1.807) is 47.2 Å². The maximum Gasteiger partial charge on any atom is 0.338 e. The Morgan fingerprint density at radius 2 is 1.84 bits per heavy atom. The molecule has 3 N–H and O–H groups in total. The van der Waals surface area contributed by atoms with Crippen LogP contribution in [0.3, 0.4) is 0 Å². The first-order valence-electron chi connectivity index (χ1n) is 14.5. The number of amides is 3. The number of hydrogen-bond donors (Lipinski definition) is 3. The van der Waals surface area contributed by atoms with Crippen LogP contribution in [0.2, 0.25) is 0 Å². The summed E-state index contributed by atoms with van der Waals surface area (Å²) in [5.74, 6) is -1.28. The Kier molecular flexibility index (Phi) is 14.8. The summed E-state index contributed by atoms with van der Waals surface area (Å²) in [7, 11) is 3.03. The molecule has 0 radical (unpaired) electrons. The molecule has 1 aromatic carbocycles. The molecule has 43 heavy (non-hydrogen) atoms. The zero-order chi connectivity index (χ0) is 31.2. The van der Waals surface area contributed by atoms with Crippen LogP contribution in [0.1, 0.15) is 56.3 Å². The molecule has 2 aliphatic heterocycles. The minimum absolute atomic E-state index is 0.183. The van der Waals surface area contributed by atoms with Gasteiger partial charge in [-0.3, -0.25) is 19.2 Å². The lowest BCUT2D eigenvalue weighted by atomic mass is 9.92. The van der Waals surface area contributed by atoms with E-state index < -0.39 is 60.0 Å². The van der Waals surface area contributed by atoms with Gasteiger partial charge in [-0.15, -0.1) is 0 Å². The molecule has 3 amide bonds. The van der Waals surface area contributed by atoms with E-state index in [1.165, 1.54) is 22.6 Å². The quantitative estimate of drug-likeness (QED) is 0.228. The number of ether oxygens (including phenoxy) is 2.